The quantitative estimate of drug-likeness (QED) is 0.211. The van der Waals surface area contributed by atoms with Crippen molar-refractivity contribution in [3.63, 3.8) is 0 Å². The molecule has 3 amide bonds. The maximum atomic E-state index is 14.1. The monoisotopic (exact) mass is 577 g/mol. The van der Waals surface area contributed by atoms with Crippen LogP contribution in [0.25, 0.3) is 0 Å². The molecule has 5 rings (SSSR count). The van der Waals surface area contributed by atoms with Gasteiger partial charge < -0.3 is 25.4 Å². The molecule has 8 nitrogen and oxygen atoms in total. The molecule has 0 saturated heterocycles. The Kier molecular flexibility index (Phi) is 9.36. The van der Waals surface area contributed by atoms with E-state index in [1.165, 1.54) is 23.3 Å². The molecule has 3 N–H and O–H groups in total. The molecule has 220 valence electrons. The van der Waals surface area contributed by atoms with Crippen molar-refractivity contribution in [3.8, 4) is 5.75 Å². The van der Waals surface area contributed by atoms with E-state index in [1.807, 2.05) is 59.5 Å². The van der Waals surface area contributed by atoms with Crippen LogP contribution in [0.15, 0.2) is 103 Å². The van der Waals surface area contributed by atoms with Gasteiger partial charge >= 0.3 is 12.0 Å². The van der Waals surface area contributed by atoms with Crippen LogP contribution in [0.1, 0.15) is 45.1 Å². The number of ether oxygens (including phenoxy) is 1. The Labute approximate surface area is 251 Å². The number of nitrogens with zero attached hydrogens (tertiary/aromatic N) is 1. The maximum Gasteiger partial charge on any atom is 0.335 e. The average Bonchev–Trinajstić information content (AvgIpc) is 3.03. The Morgan fingerprint density at radius 3 is 2.44 bits per heavy atom. The van der Waals surface area contributed by atoms with Gasteiger partial charge in [0.2, 0.25) is 5.91 Å². The molecule has 2 unspecified atom stereocenters. The second-order valence-electron chi connectivity index (χ2n) is 10.7. The summed E-state index contributed by atoms with van der Waals surface area (Å²) >= 11 is 0. The van der Waals surface area contributed by atoms with Crippen molar-refractivity contribution in [1.29, 1.82) is 0 Å². The van der Waals surface area contributed by atoms with Crippen LogP contribution in [0.3, 0.4) is 0 Å². The summed E-state index contributed by atoms with van der Waals surface area (Å²) in [6, 6.07) is 31.4. The lowest BCUT2D eigenvalue weighted by Crippen LogP contribution is -2.46. The van der Waals surface area contributed by atoms with E-state index in [4.69, 9.17) is 4.74 Å². The second kappa shape index (κ2) is 13.7. The van der Waals surface area contributed by atoms with Gasteiger partial charge in [-0.05, 0) is 66.1 Å². The van der Waals surface area contributed by atoms with Gasteiger partial charge in [-0.1, -0.05) is 78.9 Å². The zero-order valence-corrected chi connectivity index (χ0v) is 24.0. The standard InChI is InChI=1S/C35H35N3O5/c1-43-31-17-8-6-13-28(31)23-38(32(39)22-36-35(42)37-29-15-9-14-27(21-29)34(40)41)33-26(20-24-10-3-2-4-11-24)19-18-25-12-5-7-16-30(25)33/h2-17,21,26,33H,18-20,22-23H2,1H3,(H,40,41)(H2,36,37,42). The molecule has 0 spiro atoms. The molecule has 4 aromatic rings. The van der Waals surface area contributed by atoms with Gasteiger partial charge in [0, 0.05) is 17.8 Å². The summed E-state index contributed by atoms with van der Waals surface area (Å²) in [4.78, 5) is 40.1. The lowest BCUT2D eigenvalue weighted by Gasteiger charge is -2.42. The molecule has 0 saturated carbocycles. The fourth-order valence-electron chi connectivity index (χ4n) is 5.88. The number of hydrogen-bond acceptors (Lipinski definition) is 4. The van der Waals surface area contributed by atoms with Crippen molar-refractivity contribution in [2.45, 2.75) is 31.8 Å². The third-order valence-corrected chi connectivity index (χ3v) is 7.90. The second-order valence-corrected chi connectivity index (χ2v) is 10.7. The topological polar surface area (TPSA) is 108 Å². The number of amides is 3. The van der Waals surface area contributed by atoms with Gasteiger partial charge in [-0.15, -0.1) is 0 Å². The summed E-state index contributed by atoms with van der Waals surface area (Å²) in [6.45, 7) is 0.0629. The molecule has 8 heteroatoms. The Bertz CT molecular complexity index is 1590. The molecule has 0 fully saturated rings. The molecule has 2 atom stereocenters. The first-order valence-electron chi connectivity index (χ1n) is 14.3. The van der Waals surface area contributed by atoms with Crippen molar-refractivity contribution in [3.05, 3.63) is 131 Å². The van der Waals surface area contributed by atoms with E-state index >= 15 is 0 Å². The highest BCUT2D eigenvalue weighted by Crippen LogP contribution is 2.41. The smallest absolute Gasteiger partial charge is 0.335 e. The first kappa shape index (κ1) is 29.4. The number of benzene rings is 4. The van der Waals surface area contributed by atoms with Crippen LogP contribution in [-0.2, 0) is 24.2 Å². The van der Waals surface area contributed by atoms with Crippen LogP contribution in [0.2, 0.25) is 0 Å². The molecular weight excluding hydrogens is 542 g/mol. The predicted octanol–water partition coefficient (Wildman–Crippen LogP) is 6.09. The number of fused-ring (bicyclic) bond motifs is 1. The lowest BCUT2D eigenvalue weighted by molar-refractivity contribution is -0.135. The number of aryl methyl sites for hydroxylation is 1. The number of carboxylic acid groups (broad SMARTS) is 1. The third-order valence-electron chi connectivity index (χ3n) is 7.90. The molecule has 0 heterocycles. The van der Waals surface area contributed by atoms with E-state index in [0.717, 1.165) is 30.4 Å². The van der Waals surface area contributed by atoms with Crippen LogP contribution in [0, 0.1) is 5.92 Å². The number of rotatable bonds is 10. The van der Waals surface area contributed by atoms with Gasteiger partial charge in [0.25, 0.3) is 0 Å². The largest absolute Gasteiger partial charge is 0.496 e. The van der Waals surface area contributed by atoms with E-state index in [0.29, 0.717) is 18.0 Å². The van der Waals surface area contributed by atoms with E-state index in [9.17, 15) is 19.5 Å². The minimum atomic E-state index is -1.09. The fraction of sp³-hybridized carbons (Fsp3) is 0.229. The number of hydrogen-bond donors (Lipinski definition) is 3. The van der Waals surface area contributed by atoms with Crippen molar-refractivity contribution < 1.29 is 24.2 Å². The number of para-hydroxylation sites is 1. The van der Waals surface area contributed by atoms with Gasteiger partial charge in [-0.2, -0.15) is 0 Å². The number of urea groups is 1. The summed E-state index contributed by atoms with van der Waals surface area (Å²) in [6.07, 6.45) is 2.65. The number of aromatic carboxylic acids is 1. The number of carbonyl (C=O) groups is 3. The van der Waals surface area contributed by atoms with Crippen molar-refractivity contribution in [2.24, 2.45) is 5.92 Å². The summed E-state index contributed by atoms with van der Waals surface area (Å²) in [5.74, 6) is -0.485. The van der Waals surface area contributed by atoms with E-state index in [-0.39, 0.29) is 30.0 Å². The van der Waals surface area contributed by atoms with Gasteiger partial charge in [0.15, 0.2) is 0 Å². The highest BCUT2D eigenvalue weighted by atomic mass is 16.5. The Balaban J connectivity index is 1.43. The molecule has 1 aliphatic rings. The van der Waals surface area contributed by atoms with Crippen molar-refractivity contribution in [2.75, 3.05) is 19.0 Å². The van der Waals surface area contributed by atoms with Gasteiger partial charge in [-0.25, -0.2) is 9.59 Å². The van der Waals surface area contributed by atoms with Crippen molar-refractivity contribution >= 4 is 23.6 Å². The molecule has 4 aromatic carbocycles. The molecule has 0 radical (unpaired) electrons. The van der Waals surface area contributed by atoms with Gasteiger partial charge in [0.05, 0.1) is 25.3 Å². The SMILES string of the molecule is COc1ccccc1CN(C(=O)CNC(=O)Nc1cccc(C(=O)O)c1)C1c2ccccc2CCC1Cc1ccccc1. The van der Waals surface area contributed by atoms with Crippen LogP contribution in [0.5, 0.6) is 5.75 Å². The summed E-state index contributed by atoms with van der Waals surface area (Å²) < 4.78 is 5.64. The van der Waals surface area contributed by atoms with Gasteiger partial charge in [0.1, 0.15) is 5.75 Å². The van der Waals surface area contributed by atoms with E-state index in [1.54, 1.807) is 19.2 Å². The summed E-state index contributed by atoms with van der Waals surface area (Å²) in [5.41, 5.74) is 4.79. The summed E-state index contributed by atoms with van der Waals surface area (Å²) in [7, 11) is 1.62. The van der Waals surface area contributed by atoms with Crippen LogP contribution in [-0.4, -0.2) is 41.6 Å². The third kappa shape index (κ3) is 7.22. The van der Waals surface area contributed by atoms with Gasteiger partial charge in [-0.3, -0.25) is 4.79 Å². The highest BCUT2D eigenvalue weighted by Gasteiger charge is 2.36. The molecule has 0 bridgehead atoms. The molecule has 43 heavy (non-hydrogen) atoms. The number of carbonyl (C=O) groups excluding carboxylic acids is 2. The zero-order valence-electron chi connectivity index (χ0n) is 24.0. The zero-order chi connectivity index (χ0) is 30.2. The normalized spacial score (nSPS) is 15.6. The highest BCUT2D eigenvalue weighted by molar-refractivity contribution is 5.94. The molecule has 0 aliphatic heterocycles. The number of carboxylic acids is 1. The fourth-order valence-corrected chi connectivity index (χ4v) is 5.88. The van der Waals surface area contributed by atoms with Crippen LogP contribution < -0.4 is 15.4 Å². The minimum absolute atomic E-state index is 0.0530. The maximum absolute atomic E-state index is 14.1. The molecular formula is C35H35N3O5. The number of nitrogens with one attached hydrogen (secondary N) is 2. The summed E-state index contributed by atoms with van der Waals surface area (Å²) in [5, 5.41) is 14.6. The predicted molar refractivity (Wildman–Crippen MR) is 165 cm³/mol. The van der Waals surface area contributed by atoms with E-state index < -0.39 is 12.0 Å². The van der Waals surface area contributed by atoms with E-state index in [2.05, 4.69) is 34.9 Å². The molecule has 1 aliphatic carbocycles. The Morgan fingerprint density at radius 1 is 0.907 bits per heavy atom. The minimum Gasteiger partial charge on any atom is -0.496 e. The first-order valence-corrected chi connectivity index (χ1v) is 14.3. The van der Waals surface area contributed by atoms with Crippen molar-refractivity contribution in [1.82, 2.24) is 10.2 Å². The number of methoxy groups -OCH3 is 1. The molecule has 0 aromatic heterocycles. The Morgan fingerprint density at radius 2 is 1.65 bits per heavy atom. The lowest BCUT2D eigenvalue weighted by atomic mass is 9.76. The van der Waals surface area contributed by atoms with Crippen LogP contribution in [0.4, 0.5) is 10.5 Å². The Hall–Kier alpha value is -5.11. The van der Waals surface area contributed by atoms with Crippen LogP contribution >= 0.6 is 0 Å². The average molecular weight is 578 g/mol. The number of anilines is 1. The first-order chi connectivity index (χ1) is 20.9.